The van der Waals surface area contributed by atoms with Crippen molar-refractivity contribution in [3.05, 3.63) is 59.9 Å². The van der Waals surface area contributed by atoms with Gasteiger partial charge in [-0.15, -0.1) is 0 Å². The zero-order valence-corrected chi connectivity index (χ0v) is 11.3. The summed E-state index contributed by atoms with van der Waals surface area (Å²) in [6.07, 6.45) is 2.11. The maximum absolute atomic E-state index is 12.2. The second-order valence-corrected chi connectivity index (χ2v) is 5.48. The summed E-state index contributed by atoms with van der Waals surface area (Å²) in [4.78, 5) is 16.6. The summed E-state index contributed by atoms with van der Waals surface area (Å²) < 4.78 is 2.08. The summed E-state index contributed by atoms with van der Waals surface area (Å²) in [5.74, 6) is 0.231. The number of rotatable bonds is 2. The van der Waals surface area contributed by atoms with E-state index in [9.17, 15) is 4.79 Å². The van der Waals surface area contributed by atoms with Crippen LogP contribution in [-0.4, -0.2) is 33.4 Å². The number of benzene rings is 1. The molecule has 0 radical (unpaired) electrons. The van der Waals surface area contributed by atoms with Gasteiger partial charge < -0.3 is 9.47 Å². The fraction of sp³-hybridized carbons (Fsp3) is 0.312. The van der Waals surface area contributed by atoms with Crippen LogP contribution in [0.4, 0.5) is 0 Å². The van der Waals surface area contributed by atoms with Crippen LogP contribution in [0.25, 0.3) is 0 Å². The SMILES string of the molecule is O=C1Cn2cccc2C2N(Cc3ccccc3)CCN12. The molecule has 2 aliphatic rings. The van der Waals surface area contributed by atoms with Crippen molar-refractivity contribution < 1.29 is 4.79 Å². The molecule has 0 bridgehead atoms. The number of hydrogen-bond donors (Lipinski definition) is 0. The van der Waals surface area contributed by atoms with Gasteiger partial charge in [-0.3, -0.25) is 9.69 Å². The van der Waals surface area contributed by atoms with E-state index in [1.807, 2.05) is 23.2 Å². The molecule has 1 atom stereocenters. The van der Waals surface area contributed by atoms with Crippen molar-refractivity contribution in [1.29, 1.82) is 0 Å². The molecule has 0 N–H and O–H groups in total. The Kier molecular flexibility index (Phi) is 2.63. The predicted octanol–water partition coefficient (Wildman–Crippen LogP) is 1.84. The molecule has 0 spiro atoms. The Morgan fingerprint density at radius 2 is 1.90 bits per heavy atom. The second kappa shape index (κ2) is 4.49. The summed E-state index contributed by atoms with van der Waals surface area (Å²) in [6, 6.07) is 14.6. The van der Waals surface area contributed by atoms with Crippen LogP contribution in [-0.2, 0) is 17.9 Å². The molecule has 2 aromatic rings. The van der Waals surface area contributed by atoms with Gasteiger partial charge in [-0.05, 0) is 17.7 Å². The molecule has 4 nitrogen and oxygen atoms in total. The van der Waals surface area contributed by atoms with Gasteiger partial charge in [0.2, 0.25) is 5.91 Å². The highest BCUT2D eigenvalue weighted by atomic mass is 16.2. The van der Waals surface area contributed by atoms with E-state index in [-0.39, 0.29) is 12.1 Å². The van der Waals surface area contributed by atoms with Gasteiger partial charge in [0.1, 0.15) is 12.7 Å². The van der Waals surface area contributed by atoms with Gasteiger partial charge in [0.05, 0.1) is 5.69 Å². The smallest absolute Gasteiger partial charge is 0.244 e. The highest BCUT2D eigenvalue weighted by molar-refractivity contribution is 5.78. The van der Waals surface area contributed by atoms with Crippen LogP contribution in [0, 0.1) is 0 Å². The van der Waals surface area contributed by atoms with E-state index in [2.05, 4.69) is 39.8 Å². The Morgan fingerprint density at radius 1 is 1.05 bits per heavy atom. The second-order valence-electron chi connectivity index (χ2n) is 5.48. The lowest BCUT2D eigenvalue weighted by Gasteiger charge is -2.35. The molecule has 3 heterocycles. The maximum Gasteiger partial charge on any atom is 0.244 e. The first kappa shape index (κ1) is 11.7. The van der Waals surface area contributed by atoms with Crippen LogP contribution < -0.4 is 0 Å². The standard InChI is InChI=1S/C16H17N3O/c20-15-12-17-8-4-7-14(17)16-18(9-10-19(15)16)11-13-5-2-1-3-6-13/h1-8,16H,9-12H2. The number of hydrogen-bond acceptors (Lipinski definition) is 2. The van der Waals surface area contributed by atoms with E-state index in [0.717, 1.165) is 19.6 Å². The summed E-state index contributed by atoms with van der Waals surface area (Å²) >= 11 is 0. The molecule has 1 amide bonds. The summed E-state index contributed by atoms with van der Waals surface area (Å²) in [6.45, 7) is 3.15. The zero-order valence-electron chi connectivity index (χ0n) is 11.3. The first-order valence-corrected chi connectivity index (χ1v) is 7.05. The number of fused-ring (bicyclic) bond motifs is 3. The number of carbonyl (C=O) groups is 1. The molecule has 0 aliphatic carbocycles. The van der Waals surface area contributed by atoms with E-state index in [4.69, 9.17) is 0 Å². The number of aromatic nitrogens is 1. The lowest BCUT2D eigenvalue weighted by atomic mass is 10.2. The van der Waals surface area contributed by atoms with Gasteiger partial charge in [-0.2, -0.15) is 0 Å². The highest BCUT2D eigenvalue weighted by Crippen LogP contribution is 2.34. The Hall–Kier alpha value is -2.07. The van der Waals surface area contributed by atoms with Crippen LogP contribution >= 0.6 is 0 Å². The first-order chi connectivity index (χ1) is 9.83. The lowest BCUT2D eigenvalue weighted by molar-refractivity contribution is -0.136. The number of carbonyl (C=O) groups excluding carboxylic acids is 1. The quantitative estimate of drug-likeness (QED) is 0.830. The molecule has 1 unspecified atom stereocenters. The summed E-state index contributed by atoms with van der Waals surface area (Å²) in [5, 5.41) is 0. The third-order valence-corrected chi connectivity index (χ3v) is 4.25. The molecule has 1 aromatic carbocycles. The molecule has 1 aromatic heterocycles. The highest BCUT2D eigenvalue weighted by Gasteiger charge is 2.40. The fourth-order valence-electron chi connectivity index (χ4n) is 3.31. The van der Waals surface area contributed by atoms with Crippen molar-refractivity contribution in [2.45, 2.75) is 19.3 Å². The fourth-order valence-corrected chi connectivity index (χ4v) is 3.31. The Morgan fingerprint density at radius 3 is 2.75 bits per heavy atom. The number of amides is 1. The van der Waals surface area contributed by atoms with Crippen molar-refractivity contribution in [3.8, 4) is 0 Å². The minimum absolute atomic E-state index is 0.103. The van der Waals surface area contributed by atoms with Crippen molar-refractivity contribution in [1.82, 2.24) is 14.4 Å². The average molecular weight is 267 g/mol. The van der Waals surface area contributed by atoms with Crippen LogP contribution in [0.2, 0.25) is 0 Å². The van der Waals surface area contributed by atoms with Gasteiger partial charge in [0.15, 0.2) is 0 Å². The molecular weight excluding hydrogens is 250 g/mol. The van der Waals surface area contributed by atoms with Crippen molar-refractivity contribution in [2.24, 2.45) is 0 Å². The minimum atomic E-state index is 0.103. The molecule has 20 heavy (non-hydrogen) atoms. The van der Waals surface area contributed by atoms with Crippen LogP contribution in [0.1, 0.15) is 17.4 Å². The van der Waals surface area contributed by atoms with Crippen molar-refractivity contribution in [2.75, 3.05) is 13.1 Å². The van der Waals surface area contributed by atoms with E-state index in [1.165, 1.54) is 11.3 Å². The predicted molar refractivity (Wildman–Crippen MR) is 75.7 cm³/mol. The van der Waals surface area contributed by atoms with Crippen LogP contribution in [0.3, 0.4) is 0 Å². The van der Waals surface area contributed by atoms with E-state index >= 15 is 0 Å². The van der Waals surface area contributed by atoms with Crippen LogP contribution in [0.5, 0.6) is 0 Å². The zero-order chi connectivity index (χ0) is 13.5. The van der Waals surface area contributed by atoms with Gasteiger partial charge in [-0.1, -0.05) is 30.3 Å². The molecule has 4 rings (SSSR count). The largest absolute Gasteiger partial charge is 0.339 e. The minimum Gasteiger partial charge on any atom is -0.339 e. The molecule has 2 aliphatic heterocycles. The summed E-state index contributed by atoms with van der Waals surface area (Å²) in [7, 11) is 0. The van der Waals surface area contributed by atoms with Gasteiger partial charge in [0, 0.05) is 25.8 Å². The Balaban J connectivity index is 1.66. The van der Waals surface area contributed by atoms with E-state index in [0.29, 0.717) is 6.54 Å². The Labute approximate surface area is 118 Å². The number of nitrogens with zero attached hydrogens (tertiary/aromatic N) is 3. The molecule has 1 saturated heterocycles. The molecular formula is C16H17N3O. The third kappa shape index (κ3) is 1.76. The molecule has 102 valence electrons. The Bertz CT molecular complexity index is 634. The molecule has 1 fully saturated rings. The molecule has 0 saturated carbocycles. The lowest BCUT2D eigenvalue weighted by Crippen LogP contribution is -2.42. The monoisotopic (exact) mass is 267 g/mol. The van der Waals surface area contributed by atoms with Gasteiger partial charge >= 0.3 is 0 Å². The van der Waals surface area contributed by atoms with E-state index < -0.39 is 0 Å². The van der Waals surface area contributed by atoms with Gasteiger partial charge in [0.25, 0.3) is 0 Å². The first-order valence-electron chi connectivity index (χ1n) is 7.05. The summed E-state index contributed by atoms with van der Waals surface area (Å²) in [5.41, 5.74) is 2.53. The van der Waals surface area contributed by atoms with E-state index in [1.54, 1.807) is 0 Å². The van der Waals surface area contributed by atoms with Crippen molar-refractivity contribution >= 4 is 5.91 Å². The molecule has 4 heteroatoms. The van der Waals surface area contributed by atoms with Gasteiger partial charge in [-0.25, -0.2) is 0 Å². The normalized spacial score (nSPS) is 21.9. The van der Waals surface area contributed by atoms with Crippen LogP contribution in [0.15, 0.2) is 48.7 Å². The topological polar surface area (TPSA) is 28.5 Å². The average Bonchev–Trinajstić information content (AvgIpc) is 3.07. The maximum atomic E-state index is 12.2. The third-order valence-electron chi connectivity index (χ3n) is 4.25. The van der Waals surface area contributed by atoms with Crippen molar-refractivity contribution in [3.63, 3.8) is 0 Å².